The van der Waals surface area contributed by atoms with Crippen LogP contribution in [-0.2, 0) is 9.47 Å². The third-order valence-corrected chi connectivity index (χ3v) is 5.71. The molecule has 0 saturated carbocycles. The lowest BCUT2D eigenvalue weighted by molar-refractivity contribution is 0.0480. The second kappa shape index (κ2) is 12.1. The predicted octanol–water partition coefficient (Wildman–Crippen LogP) is 4.96. The number of ether oxygens (including phenoxy) is 2. The van der Waals surface area contributed by atoms with Crippen LogP contribution in [-0.4, -0.2) is 54.5 Å². The van der Waals surface area contributed by atoms with E-state index in [-0.39, 0.29) is 34.0 Å². The number of carbonyl (C=O) groups is 3. The highest BCUT2D eigenvalue weighted by molar-refractivity contribution is 6.37. The number of alkyl carbamates (subject to hydrolysis) is 1. The average Bonchev–Trinajstić information content (AvgIpc) is 3.18. The number of carbonyl (C=O) groups excluding carboxylic acids is 3. The Morgan fingerprint density at radius 3 is 2.27 bits per heavy atom. The summed E-state index contributed by atoms with van der Waals surface area (Å²) in [4.78, 5) is 38.7. The van der Waals surface area contributed by atoms with Gasteiger partial charge in [-0.1, -0.05) is 18.5 Å². The standard InChI is InChI=1S/C25H39ClFN5O5/c1-9-14(2)28-19-16(21(33)30-31-23(35)37-25(6,7)8)12-17(27)20(18(19)26)32-11-10-15(13-32)29-22(34)36-24(3,4)5/h12,14-15,28H,9-11,13H2,1-8H3,(H,29,34)(H,30,33)(H,31,35). The van der Waals surface area contributed by atoms with Crippen LogP contribution in [0.5, 0.6) is 0 Å². The van der Waals surface area contributed by atoms with E-state index in [1.165, 1.54) is 0 Å². The minimum atomic E-state index is -0.860. The van der Waals surface area contributed by atoms with Crippen LogP contribution in [0, 0.1) is 5.82 Å². The summed E-state index contributed by atoms with van der Waals surface area (Å²) in [5.74, 6) is -1.48. The normalized spacial score (nSPS) is 16.6. The Hall–Kier alpha value is -2.95. The summed E-state index contributed by atoms with van der Waals surface area (Å²) in [6.45, 7) is 15.0. The number of halogens is 2. The number of benzene rings is 1. The molecule has 2 atom stereocenters. The molecule has 1 aliphatic heterocycles. The Morgan fingerprint density at radius 2 is 1.70 bits per heavy atom. The summed E-state index contributed by atoms with van der Waals surface area (Å²) in [5.41, 5.74) is 3.29. The molecule has 10 nitrogen and oxygen atoms in total. The highest BCUT2D eigenvalue weighted by Gasteiger charge is 2.32. The van der Waals surface area contributed by atoms with Crippen molar-refractivity contribution < 1.29 is 28.2 Å². The summed E-state index contributed by atoms with van der Waals surface area (Å²) >= 11 is 6.69. The fourth-order valence-corrected chi connectivity index (χ4v) is 3.97. The van der Waals surface area contributed by atoms with Crippen molar-refractivity contribution in [3.63, 3.8) is 0 Å². The second-order valence-electron chi connectivity index (χ2n) is 11.1. The molecule has 4 N–H and O–H groups in total. The van der Waals surface area contributed by atoms with Gasteiger partial charge in [0.05, 0.1) is 28.0 Å². The average molecular weight is 544 g/mol. The first-order valence-electron chi connectivity index (χ1n) is 12.3. The number of hydrogen-bond acceptors (Lipinski definition) is 7. The molecule has 1 heterocycles. The van der Waals surface area contributed by atoms with E-state index < -0.39 is 35.1 Å². The molecule has 1 fully saturated rings. The van der Waals surface area contributed by atoms with Crippen molar-refractivity contribution in [2.75, 3.05) is 23.3 Å². The highest BCUT2D eigenvalue weighted by Crippen LogP contribution is 2.40. The highest BCUT2D eigenvalue weighted by atomic mass is 35.5. The van der Waals surface area contributed by atoms with E-state index in [1.54, 1.807) is 46.4 Å². The summed E-state index contributed by atoms with van der Waals surface area (Å²) in [7, 11) is 0. The van der Waals surface area contributed by atoms with Crippen molar-refractivity contribution in [2.45, 2.75) is 91.5 Å². The van der Waals surface area contributed by atoms with Crippen molar-refractivity contribution >= 4 is 41.1 Å². The molecule has 1 saturated heterocycles. The summed E-state index contributed by atoms with van der Waals surface area (Å²) in [6.07, 6.45) is -0.132. The van der Waals surface area contributed by atoms with Crippen molar-refractivity contribution in [3.8, 4) is 0 Å². The van der Waals surface area contributed by atoms with Crippen LogP contribution in [0.1, 0.15) is 78.6 Å². The van der Waals surface area contributed by atoms with Gasteiger partial charge >= 0.3 is 12.2 Å². The van der Waals surface area contributed by atoms with Gasteiger partial charge in [-0.2, -0.15) is 0 Å². The van der Waals surface area contributed by atoms with Gasteiger partial charge in [0.2, 0.25) is 0 Å². The van der Waals surface area contributed by atoms with Gasteiger partial charge in [-0.25, -0.2) is 19.4 Å². The largest absolute Gasteiger partial charge is 0.444 e. The van der Waals surface area contributed by atoms with Gasteiger partial charge in [-0.3, -0.25) is 10.2 Å². The van der Waals surface area contributed by atoms with Gasteiger partial charge in [-0.15, -0.1) is 0 Å². The Morgan fingerprint density at radius 1 is 1.11 bits per heavy atom. The zero-order chi connectivity index (χ0) is 28.1. The van der Waals surface area contributed by atoms with E-state index in [0.717, 1.165) is 6.07 Å². The number of nitrogens with zero attached hydrogens (tertiary/aromatic N) is 1. The fraction of sp³-hybridized carbons (Fsp3) is 0.640. The number of amides is 3. The molecule has 0 spiro atoms. The summed E-state index contributed by atoms with van der Waals surface area (Å²) < 4.78 is 25.8. The minimum Gasteiger partial charge on any atom is -0.444 e. The molecule has 0 bridgehead atoms. The Kier molecular flexibility index (Phi) is 9.87. The molecule has 37 heavy (non-hydrogen) atoms. The molecule has 0 aromatic heterocycles. The molecule has 12 heteroatoms. The van der Waals surface area contributed by atoms with Crippen LogP contribution >= 0.6 is 11.6 Å². The van der Waals surface area contributed by atoms with E-state index >= 15 is 4.39 Å². The molecule has 1 aromatic carbocycles. The minimum absolute atomic E-state index is 0.0284. The smallest absolute Gasteiger partial charge is 0.426 e. The molecule has 0 radical (unpaired) electrons. The Bertz CT molecular complexity index is 1010. The van der Waals surface area contributed by atoms with Gasteiger partial charge < -0.3 is 25.0 Å². The van der Waals surface area contributed by atoms with Gasteiger partial charge in [0.1, 0.15) is 17.0 Å². The molecule has 1 aromatic rings. The predicted molar refractivity (Wildman–Crippen MR) is 142 cm³/mol. The zero-order valence-corrected chi connectivity index (χ0v) is 23.6. The molecule has 208 valence electrons. The first-order valence-corrected chi connectivity index (χ1v) is 12.7. The van der Waals surface area contributed by atoms with Crippen LogP contribution in [0.4, 0.5) is 25.4 Å². The number of rotatable bonds is 6. The van der Waals surface area contributed by atoms with Gasteiger partial charge in [0.25, 0.3) is 5.91 Å². The van der Waals surface area contributed by atoms with Crippen LogP contribution in [0.15, 0.2) is 6.07 Å². The Balaban J connectivity index is 2.27. The molecular weight excluding hydrogens is 505 g/mol. The number of hydrazine groups is 1. The number of hydrogen-bond donors (Lipinski definition) is 4. The third-order valence-electron chi connectivity index (χ3n) is 5.34. The van der Waals surface area contributed by atoms with Gasteiger partial charge in [0.15, 0.2) is 0 Å². The molecule has 0 aliphatic carbocycles. The third kappa shape index (κ3) is 9.14. The van der Waals surface area contributed by atoms with Crippen molar-refractivity contribution in [1.82, 2.24) is 16.2 Å². The van der Waals surface area contributed by atoms with E-state index in [0.29, 0.717) is 25.9 Å². The van der Waals surface area contributed by atoms with Crippen molar-refractivity contribution in [1.29, 1.82) is 0 Å². The lowest BCUT2D eigenvalue weighted by atomic mass is 10.1. The topological polar surface area (TPSA) is 121 Å². The monoisotopic (exact) mass is 543 g/mol. The fourth-order valence-electron chi connectivity index (χ4n) is 3.60. The summed E-state index contributed by atoms with van der Waals surface area (Å²) in [5, 5.41) is 6.01. The Labute approximate surface area is 222 Å². The van der Waals surface area contributed by atoms with Crippen molar-refractivity contribution in [3.05, 3.63) is 22.5 Å². The maximum atomic E-state index is 15.4. The van der Waals surface area contributed by atoms with Gasteiger partial charge in [-0.05, 0) is 67.4 Å². The van der Waals surface area contributed by atoms with E-state index in [4.69, 9.17) is 21.1 Å². The number of nitrogens with one attached hydrogen (secondary N) is 4. The van der Waals surface area contributed by atoms with E-state index in [9.17, 15) is 14.4 Å². The maximum Gasteiger partial charge on any atom is 0.426 e. The quantitative estimate of drug-likeness (QED) is 0.374. The van der Waals surface area contributed by atoms with E-state index in [1.807, 2.05) is 13.8 Å². The molecule has 1 aliphatic rings. The van der Waals surface area contributed by atoms with Crippen LogP contribution in [0.2, 0.25) is 5.02 Å². The van der Waals surface area contributed by atoms with Crippen LogP contribution in [0.3, 0.4) is 0 Å². The molecular formula is C25H39ClFN5O5. The molecule has 3 amide bonds. The lowest BCUT2D eigenvalue weighted by Crippen LogP contribution is -2.44. The number of anilines is 2. The zero-order valence-electron chi connectivity index (χ0n) is 22.8. The lowest BCUT2D eigenvalue weighted by Gasteiger charge is -2.26. The SMILES string of the molecule is CCC(C)Nc1c(C(=O)NNC(=O)OC(C)(C)C)cc(F)c(N2CCC(NC(=O)OC(C)(C)C)C2)c1Cl. The van der Waals surface area contributed by atoms with Crippen LogP contribution in [0.25, 0.3) is 0 Å². The maximum absolute atomic E-state index is 15.4. The second-order valence-corrected chi connectivity index (χ2v) is 11.4. The summed E-state index contributed by atoms with van der Waals surface area (Å²) in [6, 6.07) is 0.728. The van der Waals surface area contributed by atoms with E-state index in [2.05, 4.69) is 21.5 Å². The van der Waals surface area contributed by atoms with Gasteiger partial charge in [0, 0.05) is 19.1 Å². The first-order chi connectivity index (χ1) is 17.0. The van der Waals surface area contributed by atoms with Crippen molar-refractivity contribution in [2.24, 2.45) is 0 Å². The first kappa shape index (κ1) is 30.3. The van der Waals surface area contributed by atoms with Crippen LogP contribution < -0.4 is 26.4 Å². The molecule has 2 rings (SSSR count). The molecule has 2 unspecified atom stereocenters.